The van der Waals surface area contributed by atoms with Crippen molar-refractivity contribution >= 4 is 45.4 Å². The Kier molecular flexibility index (Phi) is 6.94. The van der Waals surface area contributed by atoms with Gasteiger partial charge in [-0.3, -0.25) is 9.88 Å². The van der Waals surface area contributed by atoms with Crippen LogP contribution in [0.25, 0.3) is 27.6 Å². The molecule has 2 saturated carbocycles. The highest BCUT2D eigenvalue weighted by molar-refractivity contribution is 6.36. The molecule has 3 nitrogen and oxygen atoms in total. The molecule has 2 heterocycles. The highest BCUT2D eigenvalue weighted by Gasteiger charge is 2.32. The Labute approximate surface area is 229 Å². The van der Waals surface area contributed by atoms with Crippen LogP contribution in [0.2, 0.25) is 10.0 Å². The lowest BCUT2D eigenvalue weighted by Crippen LogP contribution is -2.39. The normalized spacial score (nSPS) is 24.5. The van der Waals surface area contributed by atoms with E-state index in [0.29, 0.717) is 41.0 Å². The molecule has 0 spiro atoms. The van der Waals surface area contributed by atoms with Crippen molar-refractivity contribution < 1.29 is 4.39 Å². The van der Waals surface area contributed by atoms with Gasteiger partial charge in [-0.25, -0.2) is 4.39 Å². The zero-order chi connectivity index (χ0) is 25.7. The van der Waals surface area contributed by atoms with E-state index in [1.54, 1.807) is 0 Å². The average Bonchev–Trinajstić information content (AvgIpc) is 3.67. The van der Waals surface area contributed by atoms with E-state index >= 15 is 0 Å². The Morgan fingerprint density at radius 3 is 2.38 bits per heavy atom. The lowest BCUT2D eigenvalue weighted by molar-refractivity contribution is 0.173. The van der Waals surface area contributed by atoms with E-state index in [1.165, 1.54) is 18.4 Å². The van der Waals surface area contributed by atoms with Crippen molar-refractivity contribution in [3.05, 3.63) is 64.3 Å². The monoisotopic (exact) mass is 537 g/mol. The van der Waals surface area contributed by atoms with E-state index in [0.717, 1.165) is 71.1 Å². The van der Waals surface area contributed by atoms with Crippen molar-refractivity contribution in [2.75, 3.05) is 18.4 Å². The van der Waals surface area contributed by atoms with Crippen molar-refractivity contribution in [1.29, 1.82) is 0 Å². The molecule has 3 aliphatic rings. The van der Waals surface area contributed by atoms with Gasteiger partial charge in [0.1, 0.15) is 6.17 Å². The van der Waals surface area contributed by atoms with Crippen LogP contribution in [0.5, 0.6) is 0 Å². The molecule has 2 aliphatic carbocycles. The maximum Gasteiger partial charge on any atom is 0.114 e. The summed E-state index contributed by atoms with van der Waals surface area (Å²) in [6.07, 6.45) is 8.83. The molecule has 1 N–H and O–H groups in total. The molecule has 1 aromatic heterocycles. The van der Waals surface area contributed by atoms with Crippen molar-refractivity contribution in [1.82, 2.24) is 9.88 Å². The van der Waals surface area contributed by atoms with Gasteiger partial charge in [0.2, 0.25) is 0 Å². The third-order valence-corrected chi connectivity index (χ3v) is 9.41. The number of halogens is 3. The van der Waals surface area contributed by atoms with Crippen LogP contribution < -0.4 is 5.32 Å². The molecule has 6 heteroatoms. The predicted octanol–water partition coefficient (Wildman–Crippen LogP) is 8.71. The SMILES string of the molecule is C=C(c1cnc2ccc(-c3cc(Cl)c(C)c(Cl)c3)cc2c1NC1CCC(N2CC[C@@H](F)C2)CC1)C1CC1. The van der Waals surface area contributed by atoms with Crippen molar-refractivity contribution in [3.63, 3.8) is 0 Å². The molecule has 3 fully saturated rings. The lowest BCUT2D eigenvalue weighted by atomic mass is 9.89. The van der Waals surface area contributed by atoms with Gasteiger partial charge in [-0.15, -0.1) is 0 Å². The molecule has 37 heavy (non-hydrogen) atoms. The summed E-state index contributed by atoms with van der Waals surface area (Å²) in [4.78, 5) is 7.19. The number of nitrogens with one attached hydrogen (secondary N) is 1. The summed E-state index contributed by atoms with van der Waals surface area (Å²) < 4.78 is 13.8. The second-order valence-corrected chi connectivity index (χ2v) is 12.0. The third kappa shape index (κ3) is 5.13. The molecule has 0 radical (unpaired) electrons. The van der Waals surface area contributed by atoms with Crippen molar-refractivity contribution in [2.45, 2.75) is 70.1 Å². The highest BCUT2D eigenvalue weighted by Crippen LogP contribution is 2.45. The minimum Gasteiger partial charge on any atom is -0.381 e. The van der Waals surface area contributed by atoms with Crippen LogP contribution in [0, 0.1) is 12.8 Å². The molecule has 0 unspecified atom stereocenters. The Morgan fingerprint density at radius 2 is 1.73 bits per heavy atom. The van der Waals surface area contributed by atoms with Crippen molar-refractivity contribution in [2.24, 2.45) is 5.92 Å². The van der Waals surface area contributed by atoms with Crippen LogP contribution in [0.3, 0.4) is 0 Å². The predicted molar refractivity (Wildman–Crippen MR) is 154 cm³/mol. The van der Waals surface area contributed by atoms with E-state index in [1.807, 2.05) is 25.3 Å². The summed E-state index contributed by atoms with van der Waals surface area (Å²) in [6.45, 7) is 7.92. The van der Waals surface area contributed by atoms with Crippen LogP contribution in [0.1, 0.15) is 56.1 Å². The molecular formula is C31H34Cl2FN3. The maximum absolute atomic E-state index is 13.8. The molecule has 1 aliphatic heterocycles. The molecule has 6 rings (SSSR count). The zero-order valence-electron chi connectivity index (χ0n) is 21.4. The Bertz CT molecular complexity index is 1320. The minimum absolute atomic E-state index is 0.378. The van der Waals surface area contributed by atoms with Gasteiger partial charge in [0, 0.05) is 52.4 Å². The quantitative estimate of drug-likeness (QED) is 0.340. The van der Waals surface area contributed by atoms with Crippen LogP contribution in [-0.2, 0) is 0 Å². The molecule has 2 aromatic carbocycles. The number of hydrogen-bond donors (Lipinski definition) is 1. The van der Waals surface area contributed by atoms with Gasteiger partial charge in [-0.05, 0) is 104 Å². The number of rotatable bonds is 6. The minimum atomic E-state index is -0.650. The van der Waals surface area contributed by atoms with Crippen LogP contribution in [0.15, 0.2) is 43.1 Å². The largest absolute Gasteiger partial charge is 0.381 e. The topological polar surface area (TPSA) is 28.2 Å². The first-order chi connectivity index (χ1) is 17.9. The second kappa shape index (κ2) is 10.2. The fourth-order valence-corrected chi connectivity index (χ4v) is 6.59. The van der Waals surface area contributed by atoms with Crippen LogP contribution in [-0.4, -0.2) is 41.2 Å². The van der Waals surface area contributed by atoms with E-state index < -0.39 is 6.17 Å². The summed E-state index contributed by atoms with van der Waals surface area (Å²) in [5.41, 5.74) is 7.37. The number of benzene rings is 2. The van der Waals surface area contributed by atoms with E-state index in [4.69, 9.17) is 28.2 Å². The summed E-state index contributed by atoms with van der Waals surface area (Å²) in [6, 6.07) is 11.2. The Hall–Kier alpha value is -2.14. The Balaban J connectivity index is 1.33. The first-order valence-electron chi connectivity index (χ1n) is 13.6. The first kappa shape index (κ1) is 25.2. The molecule has 0 bridgehead atoms. The number of likely N-dealkylation sites (tertiary alicyclic amines) is 1. The van der Waals surface area contributed by atoms with E-state index in [9.17, 15) is 4.39 Å². The van der Waals surface area contributed by atoms with Gasteiger partial charge in [-0.1, -0.05) is 35.8 Å². The first-order valence-corrected chi connectivity index (χ1v) is 14.4. The number of pyridine rings is 1. The fraction of sp³-hybridized carbons (Fsp3) is 0.452. The summed E-state index contributed by atoms with van der Waals surface area (Å²) in [5, 5.41) is 6.38. The summed E-state index contributed by atoms with van der Waals surface area (Å²) >= 11 is 13.0. The average molecular weight is 539 g/mol. The second-order valence-electron chi connectivity index (χ2n) is 11.2. The van der Waals surface area contributed by atoms with Gasteiger partial charge in [0.15, 0.2) is 0 Å². The zero-order valence-corrected chi connectivity index (χ0v) is 22.9. The van der Waals surface area contributed by atoms with Gasteiger partial charge in [-0.2, -0.15) is 0 Å². The number of anilines is 1. The van der Waals surface area contributed by atoms with Crippen LogP contribution in [0.4, 0.5) is 10.1 Å². The van der Waals surface area contributed by atoms with Gasteiger partial charge < -0.3 is 5.32 Å². The summed E-state index contributed by atoms with van der Waals surface area (Å²) in [5.74, 6) is 0.553. The van der Waals surface area contributed by atoms with E-state index in [2.05, 4.69) is 35.0 Å². The van der Waals surface area contributed by atoms with Crippen LogP contribution >= 0.6 is 23.2 Å². The van der Waals surface area contributed by atoms with Crippen molar-refractivity contribution in [3.8, 4) is 11.1 Å². The fourth-order valence-electron chi connectivity index (χ4n) is 6.10. The molecule has 3 aromatic rings. The molecular weight excluding hydrogens is 504 g/mol. The standard InChI is InChI=1S/C31H34Cl2FN3/c1-18(20-3-4-20)27-16-35-30-10-5-21(22-14-28(32)19(2)29(33)15-22)13-26(30)31(27)36-24-6-8-25(9-7-24)37-12-11-23(34)17-37/h5,10,13-16,20,23-25H,1,3-4,6-9,11-12,17H2,2H3,(H,35,36)/t23-,24?,25?/m1/s1. The smallest absolute Gasteiger partial charge is 0.114 e. The maximum atomic E-state index is 13.8. The Morgan fingerprint density at radius 1 is 1.00 bits per heavy atom. The lowest BCUT2D eigenvalue weighted by Gasteiger charge is -2.35. The molecule has 0 amide bonds. The number of allylic oxidation sites excluding steroid dienone is 1. The molecule has 194 valence electrons. The number of nitrogens with zero attached hydrogens (tertiary/aromatic N) is 2. The highest BCUT2D eigenvalue weighted by atomic mass is 35.5. The van der Waals surface area contributed by atoms with Gasteiger partial charge >= 0.3 is 0 Å². The van der Waals surface area contributed by atoms with Gasteiger partial charge in [0.25, 0.3) is 0 Å². The van der Waals surface area contributed by atoms with E-state index in [-0.39, 0.29) is 0 Å². The molecule has 1 atom stereocenters. The number of alkyl halides is 1. The third-order valence-electron chi connectivity index (χ3n) is 8.62. The number of hydrogen-bond acceptors (Lipinski definition) is 3. The summed E-state index contributed by atoms with van der Waals surface area (Å²) in [7, 11) is 0. The molecule has 1 saturated heterocycles. The van der Waals surface area contributed by atoms with Gasteiger partial charge in [0.05, 0.1) is 11.2 Å². The number of fused-ring (bicyclic) bond motifs is 1. The number of aromatic nitrogens is 1.